The van der Waals surface area contributed by atoms with E-state index in [4.69, 9.17) is 0 Å². The molecule has 0 radical (unpaired) electrons. The minimum absolute atomic E-state index is 0.108. The fourth-order valence-corrected chi connectivity index (χ4v) is 3.92. The van der Waals surface area contributed by atoms with Crippen LogP contribution < -0.4 is 5.32 Å². The highest BCUT2D eigenvalue weighted by Gasteiger charge is 2.27. The zero-order chi connectivity index (χ0) is 16.9. The number of hydrogen-bond donors (Lipinski definition) is 2. The van der Waals surface area contributed by atoms with Crippen molar-refractivity contribution in [3.8, 4) is 10.6 Å². The molecule has 1 aliphatic carbocycles. The van der Waals surface area contributed by atoms with Crippen molar-refractivity contribution in [1.82, 2.24) is 15.2 Å². The van der Waals surface area contributed by atoms with Gasteiger partial charge in [0.2, 0.25) is 0 Å². The molecule has 2 N–H and O–H groups in total. The first kappa shape index (κ1) is 16.9. The third-order valence-electron chi connectivity index (χ3n) is 4.46. The Bertz CT molecular complexity index is 674. The number of thiazole rings is 1. The van der Waals surface area contributed by atoms with Crippen LogP contribution >= 0.6 is 11.3 Å². The first-order valence-electron chi connectivity index (χ1n) is 8.30. The molecule has 0 bridgehead atoms. The van der Waals surface area contributed by atoms with Crippen LogP contribution in [0.25, 0.3) is 10.6 Å². The summed E-state index contributed by atoms with van der Waals surface area (Å²) in [5.41, 5.74) is 1.09. The van der Waals surface area contributed by atoms with Crippen molar-refractivity contribution >= 4 is 17.4 Å². The van der Waals surface area contributed by atoms with Gasteiger partial charge in [-0.15, -0.1) is 11.3 Å². The first-order chi connectivity index (χ1) is 11.6. The fourth-order valence-electron chi connectivity index (χ4n) is 3.07. The molecule has 3 rings (SSSR count). The Balaban J connectivity index is 1.50. The summed E-state index contributed by atoms with van der Waals surface area (Å²) in [6.45, 7) is 1.08. The molecule has 1 aromatic heterocycles. The van der Waals surface area contributed by atoms with Gasteiger partial charge < -0.3 is 15.3 Å². The third-order valence-corrected chi connectivity index (χ3v) is 5.51. The van der Waals surface area contributed by atoms with Crippen LogP contribution in [0.4, 0.5) is 4.79 Å². The highest BCUT2D eigenvalue weighted by Crippen LogP contribution is 2.26. The van der Waals surface area contributed by atoms with E-state index in [-0.39, 0.29) is 18.1 Å². The lowest BCUT2D eigenvalue weighted by Gasteiger charge is -2.23. The minimum Gasteiger partial charge on any atom is -0.393 e. The van der Waals surface area contributed by atoms with Crippen LogP contribution in [-0.4, -0.2) is 40.7 Å². The van der Waals surface area contributed by atoms with Gasteiger partial charge in [-0.2, -0.15) is 0 Å². The molecule has 2 aromatic rings. The minimum atomic E-state index is -0.268. The van der Waals surface area contributed by atoms with E-state index in [1.165, 1.54) is 0 Å². The topological polar surface area (TPSA) is 65.5 Å². The Kier molecular flexibility index (Phi) is 5.48. The predicted octanol–water partition coefficient (Wildman–Crippen LogP) is 3.11. The summed E-state index contributed by atoms with van der Waals surface area (Å²) in [4.78, 5) is 19.3. The molecule has 0 saturated heterocycles. The quantitative estimate of drug-likeness (QED) is 0.875. The Morgan fingerprint density at radius 1 is 1.38 bits per heavy atom. The number of aliphatic hydroxyl groups excluding tert-OH is 1. The zero-order valence-electron chi connectivity index (χ0n) is 13.8. The van der Waals surface area contributed by atoms with Crippen LogP contribution in [0.2, 0.25) is 0 Å². The summed E-state index contributed by atoms with van der Waals surface area (Å²) in [5, 5.41) is 13.8. The van der Waals surface area contributed by atoms with Gasteiger partial charge in [0.15, 0.2) is 0 Å². The molecule has 24 heavy (non-hydrogen) atoms. The molecule has 6 heteroatoms. The highest BCUT2D eigenvalue weighted by molar-refractivity contribution is 7.15. The van der Waals surface area contributed by atoms with Crippen molar-refractivity contribution in [2.75, 3.05) is 13.6 Å². The van der Waals surface area contributed by atoms with Gasteiger partial charge in [-0.3, -0.25) is 0 Å². The number of carbonyl (C=O) groups is 1. The molecule has 1 aliphatic rings. The van der Waals surface area contributed by atoms with E-state index in [0.717, 1.165) is 34.7 Å². The van der Waals surface area contributed by atoms with Gasteiger partial charge in [0, 0.05) is 36.1 Å². The maximum Gasteiger partial charge on any atom is 0.317 e. The first-order valence-corrected chi connectivity index (χ1v) is 9.12. The number of carbonyl (C=O) groups excluding carboxylic acids is 1. The molecule has 1 aromatic carbocycles. The van der Waals surface area contributed by atoms with Crippen LogP contribution in [-0.2, 0) is 6.54 Å². The number of nitrogens with zero attached hydrogens (tertiary/aromatic N) is 2. The summed E-state index contributed by atoms with van der Waals surface area (Å²) < 4.78 is 0. The monoisotopic (exact) mass is 345 g/mol. The number of hydrogen-bond acceptors (Lipinski definition) is 4. The van der Waals surface area contributed by atoms with Gasteiger partial charge in [-0.25, -0.2) is 9.78 Å². The molecule has 1 saturated carbocycles. The fraction of sp³-hybridized carbons (Fsp3) is 0.444. The van der Waals surface area contributed by atoms with Gasteiger partial charge in [-0.05, 0) is 12.8 Å². The zero-order valence-corrected chi connectivity index (χ0v) is 14.6. The number of aliphatic hydroxyl groups is 1. The normalized spacial score (nSPS) is 20.1. The maximum absolute atomic E-state index is 12.2. The molecule has 0 spiro atoms. The number of amides is 2. The molecular formula is C18H23N3O2S. The van der Waals surface area contributed by atoms with Crippen molar-refractivity contribution in [3.63, 3.8) is 0 Å². The van der Waals surface area contributed by atoms with Gasteiger partial charge in [0.05, 0.1) is 12.6 Å². The molecule has 2 amide bonds. The van der Waals surface area contributed by atoms with E-state index in [9.17, 15) is 9.90 Å². The average Bonchev–Trinajstić information content (AvgIpc) is 3.23. The van der Waals surface area contributed by atoms with E-state index < -0.39 is 0 Å². The smallest absolute Gasteiger partial charge is 0.317 e. The second-order valence-corrected chi connectivity index (χ2v) is 7.41. The third kappa shape index (κ3) is 4.13. The maximum atomic E-state index is 12.2. The number of rotatable bonds is 5. The highest BCUT2D eigenvalue weighted by atomic mass is 32.1. The summed E-state index contributed by atoms with van der Waals surface area (Å²) in [7, 11) is 1.78. The van der Waals surface area contributed by atoms with Crippen LogP contribution in [0, 0.1) is 5.92 Å². The van der Waals surface area contributed by atoms with Crippen molar-refractivity contribution < 1.29 is 9.90 Å². The number of urea groups is 1. The van der Waals surface area contributed by atoms with E-state index in [0.29, 0.717) is 13.1 Å². The van der Waals surface area contributed by atoms with Crippen LogP contribution in [0.15, 0.2) is 36.5 Å². The average molecular weight is 345 g/mol. The van der Waals surface area contributed by atoms with E-state index in [1.54, 1.807) is 23.3 Å². The summed E-state index contributed by atoms with van der Waals surface area (Å²) >= 11 is 1.59. The Morgan fingerprint density at radius 3 is 2.88 bits per heavy atom. The lowest BCUT2D eigenvalue weighted by atomic mass is 10.1. The summed E-state index contributed by atoms with van der Waals surface area (Å²) in [6, 6.07) is 9.91. The molecule has 0 unspecified atom stereocenters. The summed E-state index contributed by atoms with van der Waals surface area (Å²) in [5.74, 6) is 0.203. The van der Waals surface area contributed by atoms with E-state index in [2.05, 4.69) is 10.3 Å². The van der Waals surface area contributed by atoms with Crippen molar-refractivity contribution in [3.05, 3.63) is 41.4 Å². The van der Waals surface area contributed by atoms with Crippen molar-refractivity contribution in [1.29, 1.82) is 0 Å². The molecule has 2 atom stereocenters. The number of nitrogens with one attached hydrogen (secondary N) is 1. The second-order valence-electron chi connectivity index (χ2n) is 6.30. The van der Waals surface area contributed by atoms with Crippen molar-refractivity contribution in [2.24, 2.45) is 5.92 Å². The van der Waals surface area contributed by atoms with Crippen LogP contribution in [0.1, 0.15) is 24.1 Å². The van der Waals surface area contributed by atoms with Crippen LogP contribution in [0.3, 0.4) is 0 Å². The molecule has 5 nitrogen and oxygen atoms in total. The summed E-state index contributed by atoms with van der Waals surface area (Å²) in [6.07, 6.45) is 4.44. The lowest BCUT2D eigenvalue weighted by Crippen LogP contribution is -2.40. The molecular weight excluding hydrogens is 322 g/mol. The standard InChI is InChI=1S/C18H23N3O2S/c1-21(12-14-8-5-9-16(14)22)18(23)20-11-15-10-19-17(24-15)13-6-3-2-4-7-13/h2-4,6-7,10,14,16,22H,5,8-9,11-12H2,1H3,(H,20,23)/t14-,16+/m1/s1. The lowest BCUT2D eigenvalue weighted by molar-refractivity contribution is 0.114. The Hall–Kier alpha value is -1.92. The largest absolute Gasteiger partial charge is 0.393 e. The molecule has 0 aliphatic heterocycles. The number of aromatic nitrogens is 1. The van der Waals surface area contributed by atoms with Gasteiger partial charge >= 0.3 is 6.03 Å². The SMILES string of the molecule is CN(C[C@H]1CCC[C@@H]1O)C(=O)NCc1cnc(-c2ccccc2)s1. The molecule has 1 fully saturated rings. The van der Waals surface area contributed by atoms with Crippen LogP contribution in [0.5, 0.6) is 0 Å². The van der Waals surface area contributed by atoms with Gasteiger partial charge in [-0.1, -0.05) is 36.8 Å². The Labute approximate surface area is 146 Å². The molecule has 128 valence electrons. The number of benzene rings is 1. The van der Waals surface area contributed by atoms with Crippen molar-refractivity contribution in [2.45, 2.75) is 31.9 Å². The van der Waals surface area contributed by atoms with Gasteiger partial charge in [0.25, 0.3) is 0 Å². The van der Waals surface area contributed by atoms with Gasteiger partial charge in [0.1, 0.15) is 5.01 Å². The Morgan fingerprint density at radius 2 is 2.17 bits per heavy atom. The predicted molar refractivity (Wildman–Crippen MR) is 95.8 cm³/mol. The molecule has 1 heterocycles. The van der Waals surface area contributed by atoms with E-state index >= 15 is 0 Å². The second kappa shape index (κ2) is 7.77. The van der Waals surface area contributed by atoms with E-state index in [1.807, 2.05) is 36.5 Å².